The Morgan fingerprint density at radius 1 is 0.960 bits per heavy atom. The fourth-order valence-corrected chi connectivity index (χ4v) is 3.08. The average molecular weight is 365 g/mol. The number of rotatable bonds is 4. The maximum Gasteiger partial charge on any atom is 0.348 e. The molecule has 0 unspecified atom stereocenters. The highest BCUT2D eigenvalue weighted by Gasteiger charge is 2.14. The molecule has 0 saturated heterocycles. The SMILES string of the molecule is O=C(COC(=O)c1cc2cc(F)ccc2s1)Nc1cc(F)cc(F)c1. The molecule has 0 saturated carbocycles. The standard InChI is InChI=1S/C17H10F3NO3S/c18-10-1-2-14-9(3-10)4-15(25-14)17(23)24-8-16(22)21-13-6-11(19)5-12(20)7-13/h1-7H,8H2,(H,21,22). The summed E-state index contributed by atoms with van der Waals surface area (Å²) in [5, 5.41) is 2.77. The molecular formula is C17H10F3NO3S. The molecule has 0 bridgehead atoms. The molecule has 25 heavy (non-hydrogen) atoms. The third-order valence-electron chi connectivity index (χ3n) is 3.16. The molecule has 0 spiro atoms. The second kappa shape index (κ2) is 6.94. The molecule has 0 aliphatic carbocycles. The van der Waals surface area contributed by atoms with Crippen LogP contribution in [0.1, 0.15) is 9.67 Å². The average Bonchev–Trinajstić information content (AvgIpc) is 2.94. The number of thiophene rings is 1. The van der Waals surface area contributed by atoms with Crippen LogP contribution in [0.4, 0.5) is 18.9 Å². The quantitative estimate of drug-likeness (QED) is 0.708. The summed E-state index contributed by atoms with van der Waals surface area (Å²) in [6, 6.07) is 8.10. The Morgan fingerprint density at radius 3 is 2.40 bits per heavy atom. The highest BCUT2D eigenvalue weighted by molar-refractivity contribution is 7.20. The monoisotopic (exact) mass is 365 g/mol. The van der Waals surface area contributed by atoms with Gasteiger partial charge in [0.25, 0.3) is 5.91 Å². The van der Waals surface area contributed by atoms with Crippen molar-refractivity contribution in [3.05, 3.63) is 64.8 Å². The number of fused-ring (bicyclic) bond motifs is 1. The van der Waals surface area contributed by atoms with Crippen molar-refractivity contribution in [2.24, 2.45) is 0 Å². The highest BCUT2D eigenvalue weighted by atomic mass is 32.1. The van der Waals surface area contributed by atoms with E-state index in [9.17, 15) is 22.8 Å². The van der Waals surface area contributed by atoms with Gasteiger partial charge in [-0.2, -0.15) is 0 Å². The number of amides is 1. The third kappa shape index (κ3) is 4.16. The van der Waals surface area contributed by atoms with Crippen molar-refractivity contribution < 1.29 is 27.5 Å². The minimum Gasteiger partial charge on any atom is -0.451 e. The summed E-state index contributed by atoms with van der Waals surface area (Å²) in [6.45, 7) is -0.625. The zero-order valence-corrected chi connectivity index (χ0v) is 13.3. The Morgan fingerprint density at radius 2 is 1.68 bits per heavy atom. The smallest absolute Gasteiger partial charge is 0.348 e. The maximum absolute atomic E-state index is 13.1. The molecule has 8 heteroatoms. The number of nitrogens with one attached hydrogen (secondary N) is 1. The Bertz CT molecular complexity index is 951. The lowest BCUT2D eigenvalue weighted by Gasteiger charge is -2.06. The number of esters is 1. The number of carbonyl (C=O) groups excluding carboxylic acids is 2. The summed E-state index contributed by atoms with van der Waals surface area (Å²) >= 11 is 1.10. The Balaban J connectivity index is 1.61. The molecule has 0 fully saturated rings. The van der Waals surface area contributed by atoms with Crippen molar-refractivity contribution in [3.8, 4) is 0 Å². The van der Waals surface area contributed by atoms with Crippen molar-refractivity contribution in [2.45, 2.75) is 0 Å². The zero-order valence-electron chi connectivity index (χ0n) is 12.5. The molecule has 0 aliphatic heterocycles. The molecule has 1 N–H and O–H groups in total. The van der Waals surface area contributed by atoms with Crippen LogP contribution >= 0.6 is 11.3 Å². The van der Waals surface area contributed by atoms with E-state index in [2.05, 4.69) is 5.32 Å². The van der Waals surface area contributed by atoms with Gasteiger partial charge in [0.05, 0.1) is 0 Å². The van der Waals surface area contributed by atoms with E-state index in [0.717, 1.165) is 23.5 Å². The molecular weight excluding hydrogens is 355 g/mol. The minimum absolute atomic E-state index is 0.0871. The fourth-order valence-electron chi connectivity index (χ4n) is 2.14. The van der Waals surface area contributed by atoms with Crippen LogP contribution in [-0.2, 0) is 9.53 Å². The molecule has 1 amide bonds. The maximum atomic E-state index is 13.1. The lowest BCUT2D eigenvalue weighted by atomic mass is 10.2. The molecule has 1 aromatic heterocycles. The lowest BCUT2D eigenvalue weighted by Crippen LogP contribution is -2.20. The topological polar surface area (TPSA) is 55.4 Å². The summed E-state index contributed by atoms with van der Waals surface area (Å²) in [7, 11) is 0. The first-order chi connectivity index (χ1) is 11.9. The first kappa shape index (κ1) is 17.0. The summed E-state index contributed by atoms with van der Waals surface area (Å²) in [6.07, 6.45) is 0. The van der Waals surface area contributed by atoms with Crippen LogP contribution in [0, 0.1) is 17.5 Å². The van der Waals surface area contributed by atoms with E-state index in [-0.39, 0.29) is 10.6 Å². The van der Waals surface area contributed by atoms with Gasteiger partial charge in [-0.1, -0.05) is 0 Å². The van der Waals surface area contributed by atoms with Gasteiger partial charge < -0.3 is 10.1 Å². The van der Waals surface area contributed by atoms with Gasteiger partial charge in [0, 0.05) is 16.5 Å². The van der Waals surface area contributed by atoms with Crippen LogP contribution in [0.25, 0.3) is 10.1 Å². The van der Waals surface area contributed by atoms with Crippen LogP contribution in [0.5, 0.6) is 0 Å². The number of carbonyl (C=O) groups is 2. The van der Waals surface area contributed by atoms with Gasteiger partial charge >= 0.3 is 5.97 Å². The van der Waals surface area contributed by atoms with Crippen LogP contribution < -0.4 is 5.32 Å². The van der Waals surface area contributed by atoms with Crippen molar-refractivity contribution in [1.29, 1.82) is 0 Å². The van der Waals surface area contributed by atoms with Gasteiger partial charge in [-0.15, -0.1) is 11.3 Å². The van der Waals surface area contributed by atoms with Crippen LogP contribution in [0.2, 0.25) is 0 Å². The molecule has 3 aromatic rings. The van der Waals surface area contributed by atoms with Crippen molar-refractivity contribution >= 4 is 39.0 Å². The van der Waals surface area contributed by atoms with Crippen molar-refractivity contribution in [3.63, 3.8) is 0 Å². The molecule has 0 atom stereocenters. The van der Waals surface area contributed by atoms with Gasteiger partial charge in [0.1, 0.15) is 22.3 Å². The van der Waals surface area contributed by atoms with Crippen LogP contribution in [0.15, 0.2) is 42.5 Å². The number of anilines is 1. The van der Waals surface area contributed by atoms with Gasteiger partial charge in [0.2, 0.25) is 0 Å². The highest BCUT2D eigenvalue weighted by Crippen LogP contribution is 2.26. The first-order valence-corrected chi connectivity index (χ1v) is 7.84. The number of benzene rings is 2. The molecule has 3 rings (SSSR count). The van der Waals surface area contributed by atoms with Gasteiger partial charge in [-0.25, -0.2) is 18.0 Å². The molecule has 2 aromatic carbocycles. The largest absolute Gasteiger partial charge is 0.451 e. The first-order valence-electron chi connectivity index (χ1n) is 7.03. The molecule has 1 heterocycles. The molecule has 128 valence electrons. The summed E-state index contributed by atoms with van der Waals surface area (Å²) < 4.78 is 44.8. The Hall–Kier alpha value is -2.87. The summed E-state index contributed by atoms with van der Waals surface area (Å²) in [4.78, 5) is 23.9. The van der Waals surface area contributed by atoms with Gasteiger partial charge in [0.15, 0.2) is 6.61 Å². The summed E-state index contributed by atoms with van der Waals surface area (Å²) in [5.41, 5.74) is -0.0871. The number of hydrogen-bond donors (Lipinski definition) is 1. The molecule has 0 aliphatic rings. The minimum atomic E-state index is -0.843. The Kier molecular flexibility index (Phi) is 4.71. The van der Waals surface area contributed by atoms with Crippen LogP contribution in [-0.4, -0.2) is 18.5 Å². The Labute approximate surface area is 143 Å². The second-order valence-corrected chi connectivity index (χ2v) is 6.16. The lowest BCUT2D eigenvalue weighted by molar-refractivity contribution is -0.119. The predicted molar refractivity (Wildman–Crippen MR) is 87.1 cm³/mol. The van der Waals surface area contributed by atoms with Crippen molar-refractivity contribution in [2.75, 3.05) is 11.9 Å². The van der Waals surface area contributed by atoms with E-state index in [4.69, 9.17) is 4.74 Å². The van der Waals surface area contributed by atoms with Gasteiger partial charge in [-0.05, 0) is 41.8 Å². The molecule has 4 nitrogen and oxygen atoms in total. The third-order valence-corrected chi connectivity index (χ3v) is 4.26. The number of hydrogen-bond acceptors (Lipinski definition) is 4. The van der Waals surface area contributed by atoms with E-state index >= 15 is 0 Å². The molecule has 0 radical (unpaired) electrons. The van der Waals surface area contributed by atoms with E-state index in [1.54, 1.807) is 0 Å². The predicted octanol–water partition coefficient (Wildman–Crippen LogP) is 4.11. The number of halogens is 3. The van der Waals surface area contributed by atoms with E-state index in [0.29, 0.717) is 16.2 Å². The van der Waals surface area contributed by atoms with E-state index < -0.39 is 35.9 Å². The normalized spacial score (nSPS) is 10.7. The zero-order chi connectivity index (χ0) is 18.0. The van der Waals surface area contributed by atoms with Crippen molar-refractivity contribution in [1.82, 2.24) is 0 Å². The van der Waals surface area contributed by atoms with E-state index in [1.165, 1.54) is 24.3 Å². The van der Waals surface area contributed by atoms with Gasteiger partial charge in [-0.3, -0.25) is 4.79 Å². The second-order valence-electron chi connectivity index (χ2n) is 5.08. The summed E-state index contributed by atoms with van der Waals surface area (Å²) in [5.74, 6) is -3.60. The number of ether oxygens (including phenoxy) is 1. The van der Waals surface area contributed by atoms with E-state index in [1.807, 2.05) is 0 Å². The fraction of sp³-hybridized carbons (Fsp3) is 0.0588. The van der Waals surface area contributed by atoms with Crippen LogP contribution in [0.3, 0.4) is 0 Å².